The zero-order chi connectivity index (χ0) is 13.4. The van der Waals surface area contributed by atoms with E-state index in [1.165, 1.54) is 18.6 Å². The van der Waals surface area contributed by atoms with Gasteiger partial charge in [-0.3, -0.25) is 0 Å². The van der Waals surface area contributed by atoms with Crippen molar-refractivity contribution >= 4 is 0 Å². The minimum atomic E-state index is -0.224. The van der Waals surface area contributed by atoms with Crippen molar-refractivity contribution < 1.29 is 4.39 Å². The Morgan fingerprint density at radius 2 is 1.83 bits per heavy atom. The quantitative estimate of drug-likeness (QED) is 0.646. The summed E-state index contributed by atoms with van der Waals surface area (Å²) >= 11 is 0. The fraction of sp³-hybridized carbons (Fsp3) is 0.500. The Morgan fingerprint density at radius 3 is 2.44 bits per heavy atom. The van der Waals surface area contributed by atoms with Gasteiger partial charge in [0.25, 0.3) is 0 Å². The molecule has 0 aliphatic rings. The fourth-order valence-electron chi connectivity index (χ4n) is 2.19. The lowest BCUT2D eigenvalue weighted by atomic mass is 9.96. The highest BCUT2D eigenvalue weighted by atomic mass is 19.1. The maximum Gasteiger partial charge on any atom is 0.123 e. The van der Waals surface area contributed by atoms with Crippen molar-refractivity contribution in [2.24, 2.45) is 0 Å². The molecule has 0 aliphatic carbocycles. The Morgan fingerprint density at radius 1 is 1.17 bits per heavy atom. The van der Waals surface area contributed by atoms with Gasteiger partial charge in [0.2, 0.25) is 0 Å². The van der Waals surface area contributed by atoms with Crippen LogP contribution >= 0.6 is 0 Å². The van der Waals surface area contributed by atoms with Crippen LogP contribution in [0.4, 0.5) is 4.39 Å². The third kappa shape index (κ3) is 4.14. The monoisotopic (exact) mass is 246 g/mol. The van der Waals surface area contributed by atoms with Gasteiger partial charge in [-0.15, -0.1) is 0 Å². The minimum absolute atomic E-state index is 0.224. The van der Waals surface area contributed by atoms with Crippen LogP contribution in [0.1, 0.15) is 55.7 Å². The molecule has 0 unspecified atom stereocenters. The SMILES string of the molecule is [CH2]CCCCCCc1cc(F)cc(CC)c1C#N. The van der Waals surface area contributed by atoms with E-state index in [-0.39, 0.29) is 5.82 Å². The summed E-state index contributed by atoms with van der Waals surface area (Å²) < 4.78 is 13.4. The summed E-state index contributed by atoms with van der Waals surface area (Å²) in [6.45, 7) is 5.76. The van der Waals surface area contributed by atoms with Gasteiger partial charge >= 0.3 is 0 Å². The largest absolute Gasteiger partial charge is 0.207 e. The second-order valence-corrected chi connectivity index (χ2v) is 4.58. The van der Waals surface area contributed by atoms with Crippen LogP contribution in [-0.2, 0) is 12.8 Å². The van der Waals surface area contributed by atoms with Gasteiger partial charge in [-0.25, -0.2) is 4.39 Å². The summed E-state index contributed by atoms with van der Waals surface area (Å²) in [5.41, 5.74) is 2.37. The number of unbranched alkanes of at least 4 members (excludes halogenated alkanes) is 4. The number of rotatable bonds is 7. The lowest BCUT2D eigenvalue weighted by Gasteiger charge is -2.08. The molecule has 0 saturated heterocycles. The third-order valence-electron chi connectivity index (χ3n) is 3.21. The van der Waals surface area contributed by atoms with Crippen LogP contribution in [0.15, 0.2) is 12.1 Å². The minimum Gasteiger partial charge on any atom is -0.207 e. The normalized spacial score (nSPS) is 10.3. The van der Waals surface area contributed by atoms with Crippen LogP contribution in [0.2, 0.25) is 0 Å². The van der Waals surface area contributed by atoms with E-state index in [1.54, 1.807) is 0 Å². The molecular weight excluding hydrogens is 225 g/mol. The molecular formula is C16H21FN. The van der Waals surface area contributed by atoms with Gasteiger partial charge in [-0.1, -0.05) is 39.5 Å². The van der Waals surface area contributed by atoms with E-state index in [0.29, 0.717) is 12.0 Å². The van der Waals surface area contributed by atoms with Crippen molar-refractivity contribution in [1.82, 2.24) is 0 Å². The van der Waals surface area contributed by atoms with Gasteiger partial charge < -0.3 is 0 Å². The van der Waals surface area contributed by atoms with Gasteiger partial charge in [0, 0.05) is 0 Å². The second kappa shape index (κ2) is 7.87. The van der Waals surface area contributed by atoms with E-state index in [4.69, 9.17) is 0 Å². The van der Waals surface area contributed by atoms with Crippen LogP contribution in [0.5, 0.6) is 0 Å². The average Bonchev–Trinajstić information content (AvgIpc) is 2.37. The van der Waals surface area contributed by atoms with Crippen molar-refractivity contribution in [1.29, 1.82) is 5.26 Å². The molecule has 0 N–H and O–H groups in total. The molecule has 1 nitrogen and oxygen atoms in total. The maximum absolute atomic E-state index is 13.4. The van der Waals surface area contributed by atoms with Crippen molar-refractivity contribution in [2.75, 3.05) is 0 Å². The molecule has 1 aromatic carbocycles. The van der Waals surface area contributed by atoms with Crippen LogP contribution in [0, 0.1) is 24.1 Å². The van der Waals surface area contributed by atoms with Crippen molar-refractivity contribution in [3.05, 3.63) is 41.6 Å². The number of nitriles is 1. The molecule has 1 rings (SSSR count). The van der Waals surface area contributed by atoms with Gasteiger partial charge in [0.05, 0.1) is 11.6 Å². The Balaban J connectivity index is 2.69. The predicted molar refractivity (Wildman–Crippen MR) is 72.6 cm³/mol. The lowest BCUT2D eigenvalue weighted by molar-refractivity contribution is 0.616. The summed E-state index contributed by atoms with van der Waals surface area (Å²) in [6, 6.07) is 5.21. The Kier molecular flexibility index (Phi) is 6.43. The fourth-order valence-corrected chi connectivity index (χ4v) is 2.19. The molecule has 0 heterocycles. The van der Waals surface area contributed by atoms with Gasteiger partial charge in [0.15, 0.2) is 0 Å². The number of benzene rings is 1. The summed E-state index contributed by atoms with van der Waals surface area (Å²) in [5, 5.41) is 9.18. The van der Waals surface area contributed by atoms with E-state index in [9.17, 15) is 9.65 Å². The number of hydrogen-bond acceptors (Lipinski definition) is 1. The number of halogens is 1. The summed E-state index contributed by atoms with van der Waals surface area (Å²) in [7, 11) is 0. The highest BCUT2D eigenvalue weighted by Gasteiger charge is 2.09. The van der Waals surface area contributed by atoms with Crippen molar-refractivity contribution in [3.63, 3.8) is 0 Å². The van der Waals surface area contributed by atoms with Gasteiger partial charge in [-0.05, 0) is 42.5 Å². The molecule has 2 heteroatoms. The van der Waals surface area contributed by atoms with E-state index < -0.39 is 0 Å². The average molecular weight is 246 g/mol. The molecule has 0 saturated carbocycles. The molecule has 97 valence electrons. The molecule has 0 bridgehead atoms. The second-order valence-electron chi connectivity index (χ2n) is 4.58. The van der Waals surface area contributed by atoms with Crippen LogP contribution in [0.25, 0.3) is 0 Å². The zero-order valence-corrected chi connectivity index (χ0v) is 11.1. The first kappa shape index (κ1) is 14.7. The first-order valence-electron chi connectivity index (χ1n) is 6.73. The molecule has 0 aliphatic heterocycles. The highest BCUT2D eigenvalue weighted by Crippen LogP contribution is 2.19. The molecule has 0 atom stereocenters. The molecule has 0 spiro atoms. The molecule has 0 aromatic heterocycles. The van der Waals surface area contributed by atoms with Gasteiger partial charge in [-0.2, -0.15) is 5.26 Å². The molecule has 0 amide bonds. The van der Waals surface area contributed by atoms with Crippen LogP contribution in [0.3, 0.4) is 0 Å². The van der Waals surface area contributed by atoms with E-state index in [0.717, 1.165) is 43.2 Å². The van der Waals surface area contributed by atoms with Crippen molar-refractivity contribution in [2.45, 2.75) is 51.9 Å². The maximum atomic E-state index is 13.4. The summed E-state index contributed by atoms with van der Waals surface area (Å²) in [4.78, 5) is 0. The molecule has 18 heavy (non-hydrogen) atoms. The summed E-state index contributed by atoms with van der Waals surface area (Å²) in [6.07, 6.45) is 6.93. The van der Waals surface area contributed by atoms with Crippen LogP contribution in [-0.4, -0.2) is 0 Å². The summed E-state index contributed by atoms with van der Waals surface area (Å²) in [5.74, 6) is -0.224. The Bertz CT molecular complexity index is 418. The predicted octanol–water partition coefficient (Wildman–Crippen LogP) is 4.59. The highest BCUT2D eigenvalue weighted by molar-refractivity contribution is 5.45. The molecule has 1 aromatic rings. The first-order chi connectivity index (χ1) is 8.72. The first-order valence-corrected chi connectivity index (χ1v) is 6.73. The Hall–Kier alpha value is -1.36. The number of nitrogens with zero attached hydrogens (tertiary/aromatic N) is 1. The van der Waals surface area contributed by atoms with E-state index in [1.807, 2.05) is 6.92 Å². The van der Waals surface area contributed by atoms with Gasteiger partial charge in [0.1, 0.15) is 5.82 Å². The van der Waals surface area contributed by atoms with E-state index in [2.05, 4.69) is 13.0 Å². The number of aryl methyl sites for hydroxylation is 2. The molecule has 0 fully saturated rings. The number of hydrogen-bond donors (Lipinski definition) is 0. The third-order valence-corrected chi connectivity index (χ3v) is 3.21. The zero-order valence-electron chi connectivity index (χ0n) is 11.1. The topological polar surface area (TPSA) is 23.8 Å². The van der Waals surface area contributed by atoms with E-state index >= 15 is 0 Å². The van der Waals surface area contributed by atoms with Crippen LogP contribution < -0.4 is 0 Å². The standard InChI is InChI=1S/C16H21FN/c1-3-5-6-7-8-9-14-11-15(17)10-13(4-2)16(14)12-18/h10-11H,1,3-9H2,2H3. The Labute approximate surface area is 110 Å². The van der Waals surface area contributed by atoms with Crippen molar-refractivity contribution in [3.8, 4) is 6.07 Å². The lowest BCUT2D eigenvalue weighted by Crippen LogP contribution is -1.98. The smallest absolute Gasteiger partial charge is 0.123 e. The molecule has 1 radical (unpaired) electrons.